The number of hydrogen-bond acceptors (Lipinski definition) is 3. The first-order valence-electron chi connectivity index (χ1n) is 6.96. The van der Waals surface area contributed by atoms with Gasteiger partial charge in [0.15, 0.2) is 11.5 Å². The highest BCUT2D eigenvalue weighted by atomic mass is 19.1. The van der Waals surface area contributed by atoms with Crippen LogP contribution >= 0.6 is 0 Å². The van der Waals surface area contributed by atoms with Gasteiger partial charge in [0.05, 0.1) is 13.7 Å². The van der Waals surface area contributed by atoms with Crippen molar-refractivity contribution < 1.29 is 18.7 Å². The average Bonchev–Trinajstić information content (AvgIpc) is 2.58. The van der Waals surface area contributed by atoms with Crippen LogP contribution in [-0.4, -0.2) is 26.2 Å². The van der Waals surface area contributed by atoms with Gasteiger partial charge in [-0.25, -0.2) is 4.39 Å². The molecule has 2 aromatic rings. The van der Waals surface area contributed by atoms with Crippen LogP contribution in [-0.2, 0) is 0 Å². The van der Waals surface area contributed by atoms with E-state index in [0.29, 0.717) is 11.5 Å². The number of rotatable bonds is 5. The summed E-state index contributed by atoms with van der Waals surface area (Å²) in [6.45, 7) is 0.334. The molecule has 0 bridgehead atoms. The van der Waals surface area contributed by atoms with Crippen molar-refractivity contribution in [3.63, 3.8) is 0 Å². The number of methoxy groups -OCH3 is 1. The van der Waals surface area contributed by atoms with Crippen molar-refractivity contribution in [1.82, 2.24) is 5.32 Å². The van der Waals surface area contributed by atoms with Crippen LogP contribution in [0.15, 0.2) is 48.5 Å². The first-order valence-corrected chi connectivity index (χ1v) is 6.96. The molecule has 2 rings (SSSR count). The number of nitrogens with one attached hydrogen (secondary N) is 1. The largest absolute Gasteiger partial charge is 0.493 e. The van der Waals surface area contributed by atoms with E-state index in [1.54, 1.807) is 19.2 Å². The predicted molar refractivity (Wildman–Crippen MR) is 85.0 cm³/mol. The van der Waals surface area contributed by atoms with Gasteiger partial charge in [0, 0.05) is 5.56 Å². The van der Waals surface area contributed by atoms with Gasteiger partial charge in [-0.05, 0) is 30.3 Å². The number of halogens is 1. The number of carbonyl (C=O) groups excluding carboxylic acids is 1. The Balaban J connectivity index is 1.77. The maximum atomic E-state index is 13.0. The molecule has 0 saturated carbocycles. The van der Waals surface area contributed by atoms with Gasteiger partial charge in [-0.1, -0.05) is 30.0 Å². The van der Waals surface area contributed by atoms with Gasteiger partial charge in [0.2, 0.25) is 0 Å². The molecule has 0 unspecified atom stereocenters. The molecule has 0 saturated heterocycles. The smallest absolute Gasteiger partial charge is 0.252 e. The molecule has 0 radical (unpaired) electrons. The third-order valence-corrected chi connectivity index (χ3v) is 2.92. The van der Waals surface area contributed by atoms with Crippen LogP contribution in [0.1, 0.15) is 10.4 Å². The summed E-state index contributed by atoms with van der Waals surface area (Å²) in [5.74, 6) is 5.97. The highest BCUT2D eigenvalue weighted by molar-refractivity contribution is 5.94. The molecule has 0 aromatic heterocycles. The van der Waals surface area contributed by atoms with E-state index >= 15 is 0 Å². The first kappa shape index (κ1) is 16.4. The molecule has 4 nitrogen and oxygen atoms in total. The lowest BCUT2D eigenvalue weighted by Crippen LogP contribution is -2.23. The molecule has 0 spiro atoms. The third-order valence-electron chi connectivity index (χ3n) is 2.92. The van der Waals surface area contributed by atoms with E-state index in [1.165, 1.54) is 24.3 Å². The second kappa shape index (κ2) is 8.44. The number of hydrogen-bond donors (Lipinski definition) is 1. The molecular formula is C18H16FNO3. The van der Waals surface area contributed by atoms with Crippen molar-refractivity contribution in [3.05, 3.63) is 59.9 Å². The van der Waals surface area contributed by atoms with Gasteiger partial charge in [0.1, 0.15) is 12.4 Å². The summed E-state index contributed by atoms with van der Waals surface area (Å²) >= 11 is 0. The van der Waals surface area contributed by atoms with Crippen LogP contribution in [0.3, 0.4) is 0 Å². The van der Waals surface area contributed by atoms with Crippen LogP contribution in [0.5, 0.6) is 11.5 Å². The molecule has 0 aliphatic heterocycles. The fourth-order valence-corrected chi connectivity index (χ4v) is 1.82. The number of amides is 1. The van der Waals surface area contributed by atoms with Gasteiger partial charge >= 0.3 is 0 Å². The minimum atomic E-state index is -0.450. The zero-order valence-corrected chi connectivity index (χ0v) is 12.6. The molecule has 118 valence electrons. The quantitative estimate of drug-likeness (QED) is 0.863. The normalized spacial score (nSPS) is 9.48. The molecule has 0 fully saturated rings. The maximum absolute atomic E-state index is 13.0. The first-order chi connectivity index (χ1) is 11.2. The fourth-order valence-electron chi connectivity index (χ4n) is 1.82. The van der Waals surface area contributed by atoms with Gasteiger partial charge in [-0.15, -0.1) is 0 Å². The Morgan fingerprint density at radius 3 is 2.65 bits per heavy atom. The summed E-state index contributed by atoms with van der Waals surface area (Å²) in [6.07, 6.45) is 0. The number of para-hydroxylation sites is 2. The zero-order chi connectivity index (χ0) is 16.5. The number of carbonyl (C=O) groups is 1. The molecule has 1 N–H and O–H groups in total. The summed E-state index contributed by atoms with van der Waals surface area (Å²) in [4.78, 5) is 11.7. The summed E-state index contributed by atoms with van der Waals surface area (Å²) in [6, 6.07) is 12.7. The van der Waals surface area contributed by atoms with E-state index in [4.69, 9.17) is 9.47 Å². The van der Waals surface area contributed by atoms with Crippen molar-refractivity contribution in [2.45, 2.75) is 0 Å². The minimum absolute atomic E-state index is 0.157. The van der Waals surface area contributed by atoms with Gasteiger partial charge in [-0.3, -0.25) is 4.79 Å². The molecule has 0 aliphatic rings. The average molecular weight is 313 g/mol. The highest BCUT2D eigenvalue weighted by Gasteiger charge is 2.04. The number of benzene rings is 2. The topological polar surface area (TPSA) is 47.6 Å². The predicted octanol–water partition coefficient (Wildman–Crippen LogP) is 2.65. The molecule has 0 heterocycles. The lowest BCUT2D eigenvalue weighted by Gasteiger charge is -2.07. The van der Waals surface area contributed by atoms with E-state index in [9.17, 15) is 9.18 Å². The monoisotopic (exact) mass is 313 g/mol. The standard InChI is InChI=1S/C18H16FNO3/c1-22-16-9-2-3-10-17(16)23-12-5-4-11-20-18(21)14-7-6-8-15(19)13-14/h2-3,6-10,13H,11-12H2,1H3,(H,20,21). The van der Waals surface area contributed by atoms with Crippen molar-refractivity contribution in [2.24, 2.45) is 0 Å². The minimum Gasteiger partial charge on any atom is -0.493 e. The fraction of sp³-hybridized carbons (Fsp3) is 0.167. The van der Waals surface area contributed by atoms with Crippen LogP contribution in [0.25, 0.3) is 0 Å². The maximum Gasteiger partial charge on any atom is 0.252 e. The highest BCUT2D eigenvalue weighted by Crippen LogP contribution is 2.25. The Hall–Kier alpha value is -3.00. The molecule has 0 atom stereocenters. The van der Waals surface area contributed by atoms with E-state index in [0.717, 1.165) is 0 Å². The van der Waals surface area contributed by atoms with Crippen LogP contribution in [0.4, 0.5) is 4.39 Å². The van der Waals surface area contributed by atoms with Crippen molar-refractivity contribution in [2.75, 3.05) is 20.3 Å². The molecule has 1 amide bonds. The SMILES string of the molecule is COc1ccccc1OCC#CCNC(=O)c1cccc(F)c1. The molecule has 23 heavy (non-hydrogen) atoms. The van der Waals surface area contributed by atoms with Crippen LogP contribution in [0, 0.1) is 17.7 Å². The van der Waals surface area contributed by atoms with Gasteiger partial charge in [0.25, 0.3) is 5.91 Å². The molecule has 2 aromatic carbocycles. The third kappa shape index (κ3) is 5.04. The van der Waals surface area contributed by atoms with E-state index in [2.05, 4.69) is 17.2 Å². The lowest BCUT2D eigenvalue weighted by atomic mass is 10.2. The summed E-state index contributed by atoms with van der Waals surface area (Å²) < 4.78 is 23.6. The molecule has 5 heteroatoms. The Morgan fingerprint density at radius 1 is 1.13 bits per heavy atom. The Kier molecular flexibility index (Phi) is 6.01. The lowest BCUT2D eigenvalue weighted by molar-refractivity contribution is 0.0958. The van der Waals surface area contributed by atoms with Crippen molar-refractivity contribution in [3.8, 4) is 23.3 Å². The van der Waals surface area contributed by atoms with Crippen molar-refractivity contribution >= 4 is 5.91 Å². The Labute approximate surface area is 134 Å². The van der Waals surface area contributed by atoms with Crippen LogP contribution < -0.4 is 14.8 Å². The molecule has 0 aliphatic carbocycles. The Bertz CT molecular complexity index is 734. The van der Waals surface area contributed by atoms with Gasteiger partial charge in [-0.2, -0.15) is 0 Å². The second-order valence-corrected chi connectivity index (χ2v) is 4.49. The Morgan fingerprint density at radius 2 is 1.91 bits per heavy atom. The van der Waals surface area contributed by atoms with E-state index in [1.807, 2.05) is 12.1 Å². The summed E-state index contributed by atoms with van der Waals surface area (Å²) in [5, 5.41) is 2.59. The molecular weight excluding hydrogens is 297 g/mol. The summed E-state index contributed by atoms with van der Waals surface area (Å²) in [5.41, 5.74) is 0.261. The van der Waals surface area contributed by atoms with Crippen molar-refractivity contribution in [1.29, 1.82) is 0 Å². The zero-order valence-electron chi connectivity index (χ0n) is 12.6. The van der Waals surface area contributed by atoms with E-state index < -0.39 is 5.82 Å². The van der Waals surface area contributed by atoms with E-state index in [-0.39, 0.29) is 24.6 Å². The van der Waals surface area contributed by atoms with Crippen LogP contribution in [0.2, 0.25) is 0 Å². The summed E-state index contributed by atoms with van der Waals surface area (Å²) in [7, 11) is 1.57. The van der Waals surface area contributed by atoms with Gasteiger partial charge < -0.3 is 14.8 Å². The number of ether oxygens (including phenoxy) is 2. The second-order valence-electron chi connectivity index (χ2n) is 4.49.